The second-order valence-corrected chi connectivity index (χ2v) is 7.02. The molecule has 1 amide bonds. The molecule has 2 saturated heterocycles. The van der Waals surface area contributed by atoms with Crippen molar-refractivity contribution < 1.29 is 13.2 Å². The predicted octanol–water partition coefficient (Wildman–Crippen LogP) is -0.110. The van der Waals surface area contributed by atoms with Gasteiger partial charge in [-0.1, -0.05) is 0 Å². The first kappa shape index (κ1) is 11.9. The van der Waals surface area contributed by atoms with Crippen LogP contribution in [0, 0.1) is 5.41 Å². The lowest BCUT2D eigenvalue weighted by molar-refractivity contribution is -0.132. The van der Waals surface area contributed by atoms with Gasteiger partial charge in [-0.3, -0.25) is 4.79 Å². The molecule has 0 radical (unpaired) electrons. The largest absolute Gasteiger partial charge is 0.343 e. The van der Waals surface area contributed by atoms with E-state index in [2.05, 4.69) is 0 Å². The first-order valence-electron chi connectivity index (χ1n) is 5.53. The lowest BCUT2D eigenvalue weighted by atomic mass is 9.73. The minimum atomic E-state index is -3.02. The Morgan fingerprint density at radius 3 is 2.06 bits per heavy atom. The molecule has 0 aromatic carbocycles. The Kier molecular flexibility index (Phi) is 2.74. The smallest absolute Gasteiger partial charge is 0.219 e. The van der Waals surface area contributed by atoms with Crippen molar-refractivity contribution in [2.45, 2.75) is 19.8 Å². The molecule has 1 spiro atoms. The minimum Gasteiger partial charge on any atom is -0.343 e. The Hall–Kier alpha value is -0.620. The molecule has 0 aromatic heterocycles. The predicted molar refractivity (Wildman–Crippen MR) is 60.3 cm³/mol. The van der Waals surface area contributed by atoms with E-state index in [0.29, 0.717) is 13.1 Å². The second-order valence-electron chi connectivity index (χ2n) is 5.04. The van der Waals surface area contributed by atoms with E-state index in [4.69, 9.17) is 0 Å². The van der Waals surface area contributed by atoms with Crippen molar-refractivity contribution in [2.24, 2.45) is 5.41 Å². The summed E-state index contributed by atoms with van der Waals surface area (Å²) in [5.74, 6) is 0.120. The number of hydrogen-bond donors (Lipinski definition) is 0. The summed E-state index contributed by atoms with van der Waals surface area (Å²) >= 11 is 0. The molecule has 5 nitrogen and oxygen atoms in total. The molecule has 0 atom stereocenters. The van der Waals surface area contributed by atoms with Crippen LogP contribution in [-0.2, 0) is 14.8 Å². The van der Waals surface area contributed by atoms with Crippen molar-refractivity contribution in [2.75, 3.05) is 32.4 Å². The van der Waals surface area contributed by atoms with Crippen molar-refractivity contribution >= 4 is 15.9 Å². The third-order valence-electron chi connectivity index (χ3n) is 3.76. The van der Waals surface area contributed by atoms with Gasteiger partial charge in [0.25, 0.3) is 0 Å². The topological polar surface area (TPSA) is 57.7 Å². The van der Waals surface area contributed by atoms with Crippen LogP contribution in [0.5, 0.6) is 0 Å². The molecule has 0 bridgehead atoms. The Balaban J connectivity index is 1.90. The molecule has 0 saturated carbocycles. The normalized spacial score (nSPS) is 25.5. The van der Waals surface area contributed by atoms with Crippen LogP contribution < -0.4 is 0 Å². The van der Waals surface area contributed by atoms with E-state index in [1.54, 1.807) is 6.92 Å². The molecule has 0 N–H and O–H groups in total. The van der Waals surface area contributed by atoms with E-state index in [1.807, 2.05) is 4.90 Å². The van der Waals surface area contributed by atoms with E-state index >= 15 is 0 Å². The summed E-state index contributed by atoms with van der Waals surface area (Å²) in [6, 6.07) is 0. The van der Waals surface area contributed by atoms with Crippen molar-refractivity contribution in [3.05, 3.63) is 0 Å². The maximum Gasteiger partial charge on any atom is 0.219 e. The van der Waals surface area contributed by atoms with Crippen molar-refractivity contribution in [1.82, 2.24) is 9.21 Å². The number of piperidine rings is 1. The van der Waals surface area contributed by atoms with E-state index in [9.17, 15) is 13.2 Å². The summed E-state index contributed by atoms with van der Waals surface area (Å²) < 4.78 is 24.1. The van der Waals surface area contributed by atoms with Gasteiger partial charge in [0.2, 0.25) is 15.9 Å². The van der Waals surface area contributed by atoms with Crippen LogP contribution in [0.4, 0.5) is 0 Å². The summed E-state index contributed by atoms with van der Waals surface area (Å²) in [5, 5.41) is 0. The van der Waals surface area contributed by atoms with Gasteiger partial charge in [-0.2, -0.15) is 0 Å². The summed E-state index contributed by atoms with van der Waals surface area (Å²) in [6.07, 6.45) is 3.11. The van der Waals surface area contributed by atoms with Gasteiger partial charge in [0.1, 0.15) is 0 Å². The van der Waals surface area contributed by atoms with E-state index in [1.165, 1.54) is 10.6 Å². The Labute approximate surface area is 96.5 Å². The maximum atomic E-state index is 11.3. The van der Waals surface area contributed by atoms with Gasteiger partial charge in [-0.05, 0) is 12.8 Å². The van der Waals surface area contributed by atoms with E-state index in [-0.39, 0.29) is 11.3 Å². The molecule has 92 valence electrons. The first-order chi connectivity index (χ1) is 7.32. The lowest BCUT2D eigenvalue weighted by Gasteiger charge is -2.52. The highest BCUT2D eigenvalue weighted by atomic mass is 32.2. The molecule has 0 unspecified atom stereocenters. The third-order valence-corrected chi connectivity index (χ3v) is 4.96. The molecule has 16 heavy (non-hydrogen) atoms. The van der Waals surface area contributed by atoms with Crippen molar-refractivity contribution in [1.29, 1.82) is 0 Å². The Morgan fingerprint density at radius 2 is 1.69 bits per heavy atom. The number of hydrogen-bond acceptors (Lipinski definition) is 3. The number of rotatable bonds is 1. The zero-order valence-corrected chi connectivity index (χ0v) is 10.6. The standard InChI is InChI=1S/C10H18N2O3S/c1-9(13)11-5-3-10(4-6-11)7-12(8-10)16(2,14)15/h3-8H2,1-2H3. The quantitative estimate of drug-likeness (QED) is 0.648. The number of likely N-dealkylation sites (tertiary alicyclic amines) is 1. The van der Waals surface area contributed by atoms with Gasteiger partial charge in [0.05, 0.1) is 6.26 Å². The number of sulfonamides is 1. The molecular formula is C10H18N2O3S. The minimum absolute atomic E-state index is 0.120. The van der Waals surface area contributed by atoms with Crippen molar-refractivity contribution in [3.8, 4) is 0 Å². The SMILES string of the molecule is CC(=O)N1CCC2(CC1)CN(S(C)(=O)=O)C2. The van der Waals surface area contributed by atoms with Crippen LogP contribution in [0.3, 0.4) is 0 Å². The molecular weight excluding hydrogens is 228 g/mol. The van der Waals surface area contributed by atoms with Crippen LogP contribution in [0.2, 0.25) is 0 Å². The molecule has 2 aliphatic rings. The highest BCUT2D eigenvalue weighted by Gasteiger charge is 2.48. The highest BCUT2D eigenvalue weighted by molar-refractivity contribution is 7.88. The van der Waals surface area contributed by atoms with Crippen LogP contribution >= 0.6 is 0 Å². The molecule has 2 aliphatic heterocycles. The third kappa shape index (κ3) is 2.08. The van der Waals surface area contributed by atoms with Crippen LogP contribution in [-0.4, -0.2) is 56.0 Å². The van der Waals surface area contributed by atoms with Crippen LogP contribution in [0.1, 0.15) is 19.8 Å². The van der Waals surface area contributed by atoms with E-state index in [0.717, 1.165) is 25.9 Å². The molecule has 2 fully saturated rings. The van der Waals surface area contributed by atoms with Crippen molar-refractivity contribution in [3.63, 3.8) is 0 Å². The highest BCUT2D eigenvalue weighted by Crippen LogP contribution is 2.41. The van der Waals surface area contributed by atoms with Gasteiger partial charge in [0, 0.05) is 38.5 Å². The molecule has 2 heterocycles. The number of carbonyl (C=O) groups is 1. The summed E-state index contributed by atoms with van der Waals surface area (Å²) in [4.78, 5) is 13.0. The number of nitrogens with zero attached hydrogens (tertiary/aromatic N) is 2. The van der Waals surface area contributed by atoms with Crippen LogP contribution in [0.25, 0.3) is 0 Å². The fourth-order valence-corrected chi connectivity index (χ4v) is 3.57. The zero-order valence-electron chi connectivity index (χ0n) is 9.77. The Morgan fingerprint density at radius 1 is 1.19 bits per heavy atom. The first-order valence-corrected chi connectivity index (χ1v) is 7.38. The van der Waals surface area contributed by atoms with Crippen LogP contribution in [0.15, 0.2) is 0 Å². The fourth-order valence-electron chi connectivity index (χ4n) is 2.55. The summed E-state index contributed by atoms with van der Waals surface area (Å²) in [6.45, 7) is 4.40. The van der Waals surface area contributed by atoms with Gasteiger partial charge < -0.3 is 4.90 Å². The van der Waals surface area contributed by atoms with Gasteiger partial charge in [-0.15, -0.1) is 0 Å². The van der Waals surface area contributed by atoms with Gasteiger partial charge in [0.15, 0.2) is 0 Å². The molecule has 6 heteroatoms. The fraction of sp³-hybridized carbons (Fsp3) is 0.900. The average Bonchev–Trinajstić information content (AvgIpc) is 2.12. The van der Waals surface area contributed by atoms with E-state index < -0.39 is 10.0 Å². The summed E-state index contributed by atoms with van der Waals surface area (Å²) in [7, 11) is -3.02. The maximum absolute atomic E-state index is 11.3. The summed E-state index contributed by atoms with van der Waals surface area (Å²) in [5.41, 5.74) is 0.148. The molecule has 2 rings (SSSR count). The monoisotopic (exact) mass is 246 g/mol. The van der Waals surface area contributed by atoms with Gasteiger partial charge in [-0.25, -0.2) is 12.7 Å². The lowest BCUT2D eigenvalue weighted by Crippen LogP contribution is -2.61. The Bertz CT molecular complexity index is 388. The van der Waals surface area contributed by atoms with Gasteiger partial charge >= 0.3 is 0 Å². The molecule has 0 aromatic rings. The number of amides is 1. The second kappa shape index (κ2) is 3.70. The number of carbonyl (C=O) groups excluding carboxylic acids is 1. The average molecular weight is 246 g/mol. The molecule has 0 aliphatic carbocycles. The zero-order chi connectivity index (χ0) is 12.0.